The zero-order chi connectivity index (χ0) is 8.39. The number of thiol groups is 1. The van der Waals surface area contributed by atoms with Crippen molar-refractivity contribution < 1.29 is 0 Å². The predicted molar refractivity (Wildman–Crippen MR) is 48.6 cm³/mol. The van der Waals surface area contributed by atoms with E-state index in [0.29, 0.717) is 0 Å². The SMILES string of the molecule is Sc1cccc(-n2cnnc2)c1. The smallest absolute Gasteiger partial charge is 0.123 e. The second kappa shape index (κ2) is 2.98. The first-order chi connectivity index (χ1) is 5.86. The molecule has 0 aliphatic rings. The van der Waals surface area contributed by atoms with Crippen molar-refractivity contribution in [3.8, 4) is 5.69 Å². The minimum atomic E-state index is 0.932. The van der Waals surface area contributed by atoms with Crippen molar-refractivity contribution in [3.05, 3.63) is 36.9 Å². The van der Waals surface area contributed by atoms with Gasteiger partial charge in [0.1, 0.15) is 12.7 Å². The number of nitrogens with zero attached hydrogens (tertiary/aromatic N) is 3. The molecule has 60 valence electrons. The van der Waals surface area contributed by atoms with Crippen molar-refractivity contribution in [2.75, 3.05) is 0 Å². The topological polar surface area (TPSA) is 30.7 Å². The van der Waals surface area contributed by atoms with E-state index in [1.54, 1.807) is 12.7 Å². The van der Waals surface area contributed by atoms with Crippen LogP contribution in [0.15, 0.2) is 41.8 Å². The summed E-state index contributed by atoms with van der Waals surface area (Å²) in [5.74, 6) is 0. The first-order valence-corrected chi connectivity index (χ1v) is 3.95. The average molecular weight is 177 g/mol. The Hall–Kier alpha value is -1.29. The molecule has 0 aliphatic carbocycles. The Bertz CT molecular complexity index is 370. The Morgan fingerprint density at radius 3 is 2.58 bits per heavy atom. The second-order valence-corrected chi connectivity index (χ2v) is 2.91. The molecule has 2 rings (SSSR count). The molecule has 0 bridgehead atoms. The van der Waals surface area contributed by atoms with E-state index < -0.39 is 0 Å². The molecule has 0 radical (unpaired) electrons. The van der Waals surface area contributed by atoms with Crippen LogP contribution in [0.1, 0.15) is 0 Å². The van der Waals surface area contributed by atoms with Gasteiger partial charge in [0.25, 0.3) is 0 Å². The fourth-order valence-electron chi connectivity index (χ4n) is 0.988. The highest BCUT2D eigenvalue weighted by atomic mass is 32.1. The van der Waals surface area contributed by atoms with Gasteiger partial charge < -0.3 is 0 Å². The van der Waals surface area contributed by atoms with Crippen LogP contribution in [0, 0.1) is 0 Å². The standard InChI is InChI=1S/C8H7N3S/c12-8-3-1-2-7(4-8)11-5-9-10-6-11/h1-6,12H. The van der Waals surface area contributed by atoms with Gasteiger partial charge in [0.2, 0.25) is 0 Å². The van der Waals surface area contributed by atoms with E-state index in [1.807, 2.05) is 28.8 Å². The third kappa shape index (κ3) is 1.33. The molecule has 0 aliphatic heterocycles. The first kappa shape index (κ1) is 7.36. The lowest BCUT2D eigenvalue weighted by molar-refractivity contribution is 1.05. The van der Waals surface area contributed by atoms with E-state index in [9.17, 15) is 0 Å². The van der Waals surface area contributed by atoms with Crippen LogP contribution < -0.4 is 0 Å². The van der Waals surface area contributed by atoms with Gasteiger partial charge in [-0.15, -0.1) is 22.8 Å². The highest BCUT2D eigenvalue weighted by molar-refractivity contribution is 7.80. The highest BCUT2D eigenvalue weighted by Crippen LogP contribution is 2.11. The molecular formula is C8H7N3S. The molecule has 0 fully saturated rings. The van der Waals surface area contributed by atoms with Gasteiger partial charge in [-0.3, -0.25) is 4.57 Å². The predicted octanol–water partition coefficient (Wildman–Crippen LogP) is 1.56. The van der Waals surface area contributed by atoms with Gasteiger partial charge in [-0.05, 0) is 18.2 Å². The molecule has 2 aromatic rings. The van der Waals surface area contributed by atoms with Crippen LogP contribution in [0.25, 0.3) is 5.69 Å². The fraction of sp³-hybridized carbons (Fsp3) is 0. The molecule has 0 amide bonds. The van der Waals surface area contributed by atoms with Gasteiger partial charge in [-0.1, -0.05) is 6.07 Å². The molecule has 0 saturated heterocycles. The van der Waals surface area contributed by atoms with Gasteiger partial charge >= 0.3 is 0 Å². The zero-order valence-corrected chi connectivity index (χ0v) is 7.15. The van der Waals surface area contributed by atoms with E-state index in [2.05, 4.69) is 22.8 Å². The van der Waals surface area contributed by atoms with Crippen LogP contribution in [0.3, 0.4) is 0 Å². The Labute approximate surface area is 75.5 Å². The molecule has 1 aromatic heterocycles. The maximum atomic E-state index is 4.23. The molecule has 0 atom stereocenters. The molecule has 1 heterocycles. The van der Waals surface area contributed by atoms with E-state index in [-0.39, 0.29) is 0 Å². The number of benzene rings is 1. The summed E-state index contributed by atoms with van der Waals surface area (Å²) in [6.07, 6.45) is 3.31. The van der Waals surface area contributed by atoms with Crippen LogP contribution in [-0.2, 0) is 0 Å². The van der Waals surface area contributed by atoms with Crippen molar-refractivity contribution in [2.45, 2.75) is 4.90 Å². The summed E-state index contributed by atoms with van der Waals surface area (Å²) in [4.78, 5) is 0.932. The third-order valence-corrected chi connectivity index (χ3v) is 1.82. The first-order valence-electron chi connectivity index (χ1n) is 3.50. The van der Waals surface area contributed by atoms with Crippen LogP contribution in [-0.4, -0.2) is 14.8 Å². The molecular weight excluding hydrogens is 170 g/mol. The third-order valence-electron chi connectivity index (χ3n) is 1.55. The number of hydrogen-bond acceptors (Lipinski definition) is 3. The van der Waals surface area contributed by atoms with Gasteiger partial charge in [0, 0.05) is 10.6 Å². The molecule has 0 unspecified atom stereocenters. The van der Waals surface area contributed by atoms with Crippen molar-refractivity contribution in [2.24, 2.45) is 0 Å². The van der Waals surface area contributed by atoms with Gasteiger partial charge in [0.05, 0.1) is 0 Å². The van der Waals surface area contributed by atoms with Crippen molar-refractivity contribution in [1.29, 1.82) is 0 Å². The van der Waals surface area contributed by atoms with Crippen molar-refractivity contribution >= 4 is 12.6 Å². The van der Waals surface area contributed by atoms with Gasteiger partial charge in [-0.25, -0.2) is 0 Å². The van der Waals surface area contributed by atoms with Crippen LogP contribution >= 0.6 is 12.6 Å². The molecule has 0 N–H and O–H groups in total. The second-order valence-electron chi connectivity index (χ2n) is 2.39. The normalized spacial score (nSPS) is 10.1. The maximum absolute atomic E-state index is 4.23. The number of aromatic nitrogens is 3. The Kier molecular flexibility index (Phi) is 1.83. The van der Waals surface area contributed by atoms with Crippen molar-refractivity contribution in [1.82, 2.24) is 14.8 Å². The molecule has 3 nitrogen and oxygen atoms in total. The van der Waals surface area contributed by atoms with Gasteiger partial charge in [-0.2, -0.15) is 0 Å². The minimum Gasteiger partial charge on any atom is -0.288 e. The minimum absolute atomic E-state index is 0.932. The summed E-state index contributed by atoms with van der Waals surface area (Å²) in [6, 6.07) is 7.80. The molecule has 0 saturated carbocycles. The van der Waals surface area contributed by atoms with Crippen LogP contribution in [0.2, 0.25) is 0 Å². The Morgan fingerprint density at radius 1 is 1.17 bits per heavy atom. The highest BCUT2D eigenvalue weighted by Gasteiger charge is 1.94. The Morgan fingerprint density at radius 2 is 1.92 bits per heavy atom. The fourth-order valence-corrected chi connectivity index (χ4v) is 1.21. The molecule has 0 spiro atoms. The van der Waals surface area contributed by atoms with Crippen molar-refractivity contribution in [3.63, 3.8) is 0 Å². The number of rotatable bonds is 1. The van der Waals surface area contributed by atoms with E-state index >= 15 is 0 Å². The summed E-state index contributed by atoms with van der Waals surface area (Å²) < 4.78 is 1.83. The lowest BCUT2D eigenvalue weighted by Crippen LogP contribution is -1.88. The summed E-state index contributed by atoms with van der Waals surface area (Å²) in [5, 5.41) is 7.43. The Balaban J connectivity index is 2.48. The van der Waals surface area contributed by atoms with E-state index in [0.717, 1.165) is 10.6 Å². The lowest BCUT2D eigenvalue weighted by Gasteiger charge is -1.99. The van der Waals surface area contributed by atoms with Crippen LogP contribution in [0.4, 0.5) is 0 Å². The summed E-state index contributed by atoms with van der Waals surface area (Å²) in [5.41, 5.74) is 1.02. The molecule has 1 aromatic carbocycles. The zero-order valence-electron chi connectivity index (χ0n) is 6.25. The summed E-state index contributed by atoms with van der Waals surface area (Å²) >= 11 is 4.23. The summed E-state index contributed by atoms with van der Waals surface area (Å²) in [7, 11) is 0. The maximum Gasteiger partial charge on any atom is 0.123 e. The van der Waals surface area contributed by atoms with E-state index in [4.69, 9.17) is 0 Å². The van der Waals surface area contributed by atoms with Crippen LogP contribution in [0.5, 0.6) is 0 Å². The molecule has 4 heteroatoms. The summed E-state index contributed by atoms with van der Waals surface area (Å²) in [6.45, 7) is 0. The quantitative estimate of drug-likeness (QED) is 0.670. The van der Waals surface area contributed by atoms with Gasteiger partial charge in [0.15, 0.2) is 0 Å². The average Bonchev–Trinajstić information content (AvgIpc) is 2.56. The number of hydrogen-bond donors (Lipinski definition) is 1. The monoisotopic (exact) mass is 177 g/mol. The molecule has 12 heavy (non-hydrogen) atoms. The largest absolute Gasteiger partial charge is 0.288 e. The van der Waals surface area contributed by atoms with E-state index in [1.165, 1.54) is 0 Å². The lowest BCUT2D eigenvalue weighted by atomic mass is 10.3.